The van der Waals surface area contributed by atoms with E-state index < -0.39 is 0 Å². The second-order valence-electron chi connectivity index (χ2n) is 4.83. The van der Waals surface area contributed by atoms with Gasteiger partial charge in [-0.3, -0.25) is 0 Å². The Balaban J connectivity index is 1.66. The van der Waals surface area contributed by atoms with Gasteiger partial charge < -0.3 is 13.9 Å². The van der Waals surface area contributed by atoms with Gasteiger partial charge in [-0.15, -0.1) is 0 Å². The molecule has 0 spiro atoms. The van der Waals surface area contributed by atoms with Crippen LogP contribution in [0, 0.1) is 6.92 Å². The fourth-order valence-electron chi connectivity index (χ4n) is 1.93. The molecule has 112 valence electrons. The molecule has 0 amide bonds. The Hall–Kier alpha value is -2.82. The Kier molecular flexibility index (Phi) is 4.05. The van der Waals surface area contributed by atoms with Crippen LogP contribution >= 0.6 is 0 Å². The lowest BCUT2D eigenvalue weighted by molar-refractivity contribution is 0.289. The number of oxazole rings is 1. The molecule has 2 heterocycles. The molecule has 0 fully saturated rings. The standard InChI is InChI=1S/C17H16N2O3/c1-12-3-8-16(18-9-12)21-10-14-11-22-17(19-14)13-4-6-15(20-2)7-5-13/h3-9,11H,10H2,1-2H3. The SMILES string of the molecule is COc1ccc(-c2nc(COc3ccc(C)cn3)co2)cc1. The van der Waals surface area contributed by atoms with Crippen molar-refractivity contribution < 1.29 is 13.9 Å². The molecule has 0 aliphatic rings. The second-order valence-corrected chi connectivity index (χ2v) is 4.83. The third kappa shape index (κ3) is 3.25. The van der Waals surface area contributed by atoms with Crippen molar-refractivity contribution in [3.05, 3.63) is 60.1 Å². The van der Waals surface area contributed by atoms with Gasteiger partial charge in [-0.25, -0.2) is 9.97 Å². The smallest absolute Gasteiger partial charge is 0.226 e. The molecule has 22 heavy (non-hydrogen) atoms. The summed E-state index contributed by atoms with van der Waals surface area (Å²) < 4.78 is 16.2. The summed E-state index contributed by atoms with van der Waals surface area (Å²) in [7, 11) is 1.63. The summed E-state index contributed by atoms with van der Waals surface area (Å²) in [4.78, 5) is 8.59. The molecule has 0 saturated carbocycles. The van der Waals surface area contributed by atoms with Crippen LogP contribution in [0.2, 0.25) is 0 Å². The molecular weight excluding hydrogens is 280 g/mol. The van der Waals surface area contributed by atoms with E-state index in [0.717, 1.165) is 16.9 Å². The molecule has 0 saturated heterocycles. The topological polar surface area (TPSA) is 57.4 Å². The zero-order valence-corrected chi connectivity index (χ0v) is 12.4. The quantitative estimate of drug-likeness (QED) is 0.719. The monoisotopic (exact) mass is 296 g/mol. The van der Waals surface area contributed by atoms with Crippen molar-refractivity contribution in [2.45, 2.75) is 13.5 Å². The third-order valence-electron chi connectivity index (χ3n) is 3.14. The number of aryl methyl sites for hydroxylation is 1. The van der Waals surface area contributed by atoms with Crippen molar-refractivity contribution in [1.29, 1.82) is 0 Å². The molecule has 0 atom stereocenters. The van der Waals surface area contributed by atoms with Crippen molar-refractivity contribution >= 4 is 0 Å². The molecule has 1 aromatic carbocycles. The molecule has 5 heteroatoms. The lowest BCUT2D eigenvalue weighted by atomic mass is 10.2. The summed E-state index contributed by atoms with van der Waals surface area (Å²) in [5.41, 5.74) is 2.70. The van der Waals surface area contributed by atoms with E-state index in [9.17, 15) is 0 Å². The molecule has 2 aromatic heterocycles. The van der Waals surface area contributed by atoms with Gasteiger partial charge in [0.25, 0.3) is 0 Å². The molecular formula is C17H16N2O3. The Morgan fingerprint density at radius 3 is 2.59 bits per heavy atom. The maximum Gasteiger partial charge on any atom is 0.226 e. The number of hydrogen-bond acceptors (Lipinski definition) is 5. The van der Waals surface area contributed by atoms with E-state index in [1.807, 2.05) is 43.3 Å². The van der Waals surface area contributed by atoms with E-state index in [1.165, 1.54) is 0 Å². The fraction of sp³-hybridized carbons (Fsp3) is 0.176. The van der Waals surface area contributed by atoms with Crippen LogP contribution in [-0.4, -0.2) is 17.1 Å². The van der Waals surface area contributed by atoms with Gasteiger partial charge in [0.15, 0.2) is 0 Å². The molecule has 0 N–H and O–H groups in total. The van der Waals surface area contributed by atoms with Crippen LogP contribution < -0.4 is 9.47 Å². The number of methoxy groups -OCH3 is 1. The van der Waals surface area contributed by atoms with Crippen molar-refractivity contribution in [3.8, 4) is 23.1 Å². The Morgan fingerprint density at radius 1 is 1.09 bits per heavy atom. The molecule has 3 rings (SSSR count). The van der Waals surface area contributed by atoms with Crippen LogP contribution in [-0.2, 0) is 6.61 Å². The van der Waals surface area contributed by atoms with Gasteiger partial charge in [-0.2, -0.15) is 0 Å². The van der Waals surface area contributed by atoms with E-state index in [2.05, 4.69) is 9.97 Å². The van der Waals surface area contributed by atoms with Crippen molar-refractivity contribution in [2.24, 2.45) is 0 Å². The highest BCUT2D eigenvalue weighted by molar-refractivity contribution is 5.54. The van der Waals surface area contributed by atoms with Crippen molar-refractivity contribution in [1.82, 2.24) is 9.97 Å². The molecule has 3 aromatic rings. The lowest BCUT2D eigenvalue weighted by Crippen LogP contribution is -1.97. The average molecular weight is 296 g/mol. The molecule has 0 unspecified atom stereocenters. The van der Waals surface area contributed by atoms with Gasteiger partial charge in [0, 0.05) is 17.8 Å². The van der Waals surface area contributed by atoms with E-state index in [0.29, 0.717) is 24.1 Å². The number of hydrogen-bond donors (Lipinski definition) is 0. The lowest BCUT2D eigenvalue weighted by Gasteiger charge is -2.02. The Bertz CT molecular complexity index is 733. The zero-order chi connectivity index (χ0) is 15.4. The summed E-state index contributed by atoms with van der Waals surface area (Å²) in [5.74, 6) is 1.92. The Morgan fingerprint density at radius 2 is 1.91 bits per heavy atom. The van der Waals surface area contributed by atoms with Gasteiger partial charge in [0.05, 0.1) is 7.11 Å². The summed E-state index contributed by atoms with van der Waals surface area (Å²) in [6.45, 7) is 2.30. The third-order valence-corrected chi connectivity index (χ3v) is 3.14. The van der Waals surface area contributed by atoms with Crippen LogP contribution in [0.3, 0.4) is 0 Å². The van der Waals surface area contributed by atoms with Crippen LogP contribution in [0.25, 0.3) is 11.5 Å². The van der Waals surface area contributed by atoms with E-state index in [1.54, 1.807) is 19.6 Å². The highest BCUT2D eigenvalue weighted by atomic mass is 16.5. The van der Waals surface area contributed by atoms with Crippen LogP contribution in [0.1, 0.15) is 11.3 Å². The van der Waals surface area contributed by atoms with Gasteiger partial charge in [-0.1, -0.05) is 6.07 Å². The van der Waals surface area contributed by atoms with E-state index >= 15 is 0 Å². The summed E-state index contributed by atoms with van der Waals surface area (Å²) in [5, 5.41) is 0. The second kappa shape index (κ2) is 6.30. The number of aromatic nitrogens is 2. The predicted molar refractivity (Wildman–Crippen MR) is 81.8 cm³/mol. The van der Waals surface area contributed by atoms with E-state index in [4.69, 9.17) is 13.9 Å². The summed E-state index contributed by atoms with van der Waals surface area (Å²) in [6, 6.07) is 11.3. The first-order chi connectivity index (χ1) is 10.7. The molecule has 0 aliphatic carbocycles. The minimum absolute atomic E-state index is 0.315. The largest absolute Gasteiger partial charge is 0.497 e. The Labute approximate surface area is 128 Å². The van der Waals surface area contributed by atoms with Gasteiger partial charge in [-0.05, 0) is 36.8 Å². The molecule has 0 bridgehead atoms. The van der Waals surface area contributed by atoms with Gasteiger partial charge in [0.1, 0.15) is 24.3 Å². The first-order valence-electron chi connectivity index (χ1n) is 6.89. The number of benzene rings is 1. The van der Waals surface area contributed by atoms with Crippen molar-refractivity contribution in [2.75, 3.05) is 7.11 Å². The van der Waals surface area contributed by atoms with Crippen LogP contribution in [0.15, 0.2) is 53.3 Å². The number of nitrogens with zero attached hydrogens (tertiary/aromatic N) is 2. The predicted octanol–water partition coefficient (Wildman–Crippen LogP) is 3.63. The summed E-state index contributed by atoms with van der Waals surface area (Å²) >= 11 is 0. The highest BCUT2D eigenvalue weighted by Crippen LogP contribution is 2.22. The van der Waals surface area contributed by atoms with Gasteiger partial charge >= 0.3 is 0 Å². The zero-order valence-electron chi connectivity index (χ0n) is 12.4. The normalized spacial score (nSPS) is 10.5. The summed E-state index contributed by atoms with van der Waals surface area (Å²) in [6.07, 6.45) is 3.36. The minimum Gasteiger partial charge on any atom is -0.497 e. The molecule has 0 aliphatic heterocycles. The number of pyridine rings is 1. The molecule has 5 nitrogen and oxygen atoms in total. The highest BCUT2D eigenvalue weighted by Gasteiger charge is 2.08. The average Bonchev–Trinajstić information content (AvgIpc) is 3.03. The van der Waals surface area contributed by atoms with E-state index in [-0.39, 0.29) is 0 Å². The first-order valence-corrected chi connectivity index (χ1v) is 6.89. The van der Waals surface area contributed by atoms with Crippen molar-refractivity contribution in [3.63, 3.8) is 0 Å². The minimum atomic E-state index is 0.315. The van der Waals surface area contributed by atoms with Crippen LogP contribution in [0.5, 0.6) is 11.6 Å². The number of ether oxygens (including phenoxy) is 2. The maximum absolute atomic E-state index is 5.58. The maximum atomic E-state index is 5.58. The first kappa shape index (κ1) is 14.1. The van der Waals surface area contributed by atoms with Gasteiger partial charge in [0.2, 0.25) is 11.8 Å². The number of rotatable bonds is 5. The van der Waals surface area contributed by atoms with Crippen LogP contribution in [0.4, 0.5) is 0 Å². The fourth-order valence-corrected chi connectivity index (χ4v) is 1.93. The molecule has 0 radical (unpaired) electrons.